The van der Waals surface area contributed by atoms with Gasteiger partial charge >= 0.3 is 0 Å². The van der Waals surface area contributed by atoms with Gasteiger partial charge in [0.2, 0.25) is 0 Å². The van der Waals surface area contributed by atoms with Gasteiger partial charge in [0.05, 0.1) is 12.2 Å². The first kappa shape index (κ1) is 16.4. The highest BCUT2D eigenvalue weighted by molar-refractivity contribution is 7.10. The average Bonchev–Trinajstić information content (AvgIpc) is 3.08. The second-order valence-corrected chi connectivity index (χ2v) is 7.51. The van der Waals surface area contributed by atoms with Gasteiger partial charge in [-0.05, 0) is 49.9 Å². The van der Waals surface area contributed by atoms with Crippen LogP contribution < -0.4 is 0 Å². The number of nitrogens with zero attached hydrogens (tertiary/aromatic N) is 2. The van der Waals surface area contributed by atoms with Gasteiger partial charge in [-0.25, -0.2) is 0 Å². The number of hydrogen-bond acceptors (Lipinski definition) is 5. The number of piperidine rings is 1. The number of aliphatic hydroxyl groups is 1. The summed E-state index contributed by atoms with van der Waals surface area (Å²) < 4.78 is 5.59. The van der Waals surface area contributed by atoms with E-state index in [-0.39, 0.29) is 12.2 Å². The minimum atomic E-state index is -0.340. The summed E-state index contributed by atoms with van der Waals surface area (Å²) in [5.41, 5.74) is 1.45. The Bertz CT molecular complexity index is 459. The predicted molar refractivity (Wildman–Crippen MR) is 90.1 cm³/mol. The van der Waals surface area contributed by atoms with Crippen molar-refractivity contribution in [2.24, 2.45) is 0 Å². The summed E-state index contributed by atoms with van der Waals surface area (Å²) in [5.74, 6) is 0. The molecule has 0 aromatic carbocycles. The summed E-state index contributed by atoms with van der Waals surface area (Å²) in [7, 11) is 0. The van der Waals surface area contributed by atoms with Crippen LogP contribution in [0.1, 0.15) is 36.6 Å². The second-order valence-electron chi connectivity index (χ2n) is 6.51. The number of β-amino-alcohol motifs (C(OH)–C–C–N with tert-alkyl or cyclic N) is 1. The molecule has 22 heavy (non-hydrogen) atoms. The number of likely N-dealkylation sites (tertiary alicyclic amines) is 2. The zero-order valence-electron chi connectivity index (χ0n) is 13.5. The van der Waals surface area contributed by atoms with E-state index in [1.165, 1.54) is 42.8 Å². The van der Waals surface area contributed by atoms with Crippen molar-refractivity contribution in [3.8, 4) is 0 Å². The molecule has 0 unspecified atom stereocenters. The molecule has 3 heterocycles. The van der Waals surface area contributed by atoms with Crippen LogP contribution in [0.25, 0.3) is 0 Å². The van der Waals surface area contributed by atoms with Crippen molar-refractivity contribution in [2.75, 3.05) is 32.8 Å². The molecule has 2 aliphatic heterocycles. The summed E-state index contributed by atoms with van der Waals surface area (Å²) in [4.78, 5) is 6.28. The first-order valence-electron chi connectivity index (χ1n) is 8.55. The van der Waals surface area contributed by atoms with Crippen molar-refractivity contribution in [1.29, 1.82) is 0 Å². The minimum absolute atomic E-state index is 0.0159. The quantitative estimate of drug-likeness (QED) is 0.871. The summed E-state index contributed by atoms with van der Waals surface area (Å²) in [6.07, 6.45) is 3.73. The SMILES string of the molecule is CCO[C@H]1CN(Cc2cc(CN3CCCCC3)cs2)C[C@@H]1O. The minimum Gasteiger partial charge on any atom is -0.389 e. The van der Waals surface area contributed by atoms with E-state index in [0.29, 0.717) is 6.61 Å². The van der Waals surface area contributed by atoms with E-state index < -0.39 is 0 Å². The Kier molecular flexibility index (Phi) is 5.88. The Labute approximate surface area is 137 Å². The van der Waals surface area contributed by atoms with Gasteiger partial charge in [-0.15, -0.1) is 11.3 Å². The molecular weight excluding hydrogens is 296 g/mol. The zero-order valence-corrected chi connectivity index (χ0v) is 14.4. The molecular formula is C17H28N2O2S. The van der Waals surface area contributed by atoms with E-state index in [9.17, 15) is 5.11 Å². The van der Waals surface area contributed by atoms with Crippen LogP contribution in [0.5, 0.6) is 0 Å². The fourth-order valence-electron chi connectivity index (χ4n) is 3.53. The highest BCUT2D eigenvalue weighted by Crippen LogP contribution is 2.23. The monoisotopic (exact) mass is 324 g/mol. The zero-order chi connectivity index (χ0) is 15.4. The Morgan fingerprint density at radius 1 is 1.18 bits per heavy atom. The second kappa shape index (κ2) is 7.88. The molecule has 4 nitrogen and oxygen atoms in total. The maximum absolute atomic E-state index is 10.0. The average molecular weight is 324 g/mol. The third kappa shape index (κ3) is 4.30. The van der Waals surface area contributed by atoms with Crippen LogP contribution >= 0.6 is 11.3 Å². The molecule has 124 valence electrons. The van der Waals surface area contributed by atoms with Crippen LogP contribution in [0.4, 0.5) is 0 Å². The number of aliphatic hydroxyl groups excluding tert-OH is 1. The van der Waals surface area contributed by atoms with Gasteiger partial charge in [-0.1, -0.05) is 6.42 Å². The van der Waals surface area contributed by atoms with Gasteiger partial charge in [-0.3, -0.25) is 9.80 Å². The lowest BCUT2D eigenvalue weighted by molar-refractivity contribution is -0.00244. The van der Waals surface area contributed by atoms with Crippen molar-refractivity contribution in [1.82, 2.24) is 9.80 Å². The van der Waals surface area contributed by atoms with Crippen molar-refractivity contribution in [3.05, 3.63) is 21.9 Å². The number of rotatable bonds is 6. The van der Waals surface area contributed by atoms with Gasteiger partial charge in [-0.2, -0.15) is 0 Å². The molecule has 2 atom stereocenters. The lowest BCUT2D eigenvalue weighted by atomic mass is 10.1. The summed E-state index contributed by atoms with van der Waals surface area (Å²) in [6, 6.07) is 2.35. The first-order chi connectivity index (χ1) is 10.7. The van der Waals surface area contributed by atoms with Crippen molar-refractivity contribution in [3.63, 3.8) is 0 Å². The normalized spacial score (nSPS) is 27.5. The van der Waals surface area contributed by atoms with Crippen LogP contribution in [-0.4, -0.2) is 59.9 Å². The van der Waals surface area contributed by atoms with E-state index in [2.05, 4.69) is 21.2 Å². The topological polar surface area (TPSA) is 35.9 Å². The molecule has 0 bridgehead atoms. The molecule has 1 N–H and O–H groups in total. The number of thiophene rings is 1. The molecule has 0 aliphatic carbocycles. The molecule has 1 aromatic heterocycles. The van der Waals surface area contributed by atoms with Crippen LogP contribution in [0.3, 0.4) is 0 Å². The van der Waals surface area contributed by atoms with Crippen LogP contribution in [-0.2, 0) is 17.8 Å². The molecule has 3 rings (SSSR count). The molecule has 2 saturated heterocycles. The smallest absolute Gasteiger partial charge is 0.0972 e. The Morgan fingerprint density at radius 3 is 2.77 bits per heavy atom. The number of hydrogen-bond donors (Lipinski definition) is 1. The Hall–Kier alpha value is -0.460. The highest BCUT2D eigenvalue weighted by Gasteiger charge is 2.31. The summed E-state index contributed by atoms with van der Waals surface area (Å²) >= 11 is 1.85. The molecule has 1 aromatic rings. The van der Waals surface area contributed by atoms with Crippen molar-refractivity contribution < 1.29 is 9.84 Å². The van der Waals surface area contributed by atoms with Crippen LogP contribution in [0.15, 0.2) is 11.4 Å². The van der Waals surface area contributed by atoms with Gasteiger partial charge in [0.25, 0.3) is 0 Å². The fraction of sp³-hybridized carbons (Fsp3) is 0.765. The Balaban J connectivity index is 1.49. The summed E-state index contributed by atoms with van der Waals surface area (Å²) in [5, 5.41) is 12.3. The van der Waals surface area contributed by atoms with E-state index in [4.69, 9.17) is 4.74 Å². The van der Waals surface area contributed by atoms with E-state index in [0.717, 1.165) is 26.2 Å². The fourth-order valence-corrected chi connectivity index (χ4v) is 4.45. The van der Waals surface area contributed by atoms with Crippen LogP contribution in [0, 0.1) is 0 Å². The highest BCUT2D eigenvalue weighted by atomic mass is 32.1. The maximum Gasteiger partial charge on any atom is 0.0972 e. The molecule has 2 fully saturated rings. The predicted octanol–water partition coefficient (Wildman–Crippen LogP) is 2.32. The Morgan fingerprint density at radius 2 is 2.00 bits per heavy atom. The number of ether oxygens (including phenoxy) is 1. The van der Waals surface area contributed by atoms with Crippen molar-refractivity contribution in [2.45, 2.75) is 51.5 Å². The van der Waals surface area contributed by atoms with E-state index in [1.807, 2.05) is 18.3 Å². The standard InChI is InChI=1S/C17H28N2O2S/c1-2-21-17-12-19(11-16(17)20)10-15-8-14(13-22-15)9-18-6-4-3-5-7-18/h8,13,16-17,20H,2-7,9-12H2,1H3/t16-,17-/m0/s1. The van der Waals surface area contributed by atoms with Gasteiger partial charge in [0, 0.05) is 37.7 Å². The third-order valence-electron chi connectivity index (χ3n) is 4.64. The van der Waals surface area contributed by atoms with E-state index in [1.54, 1.807) is 0 Å². The molecule has 0 saturated carbocycles. The lowest BCUT2D eigenvalue weighted by Gasteiger charge is -2.25. The van der Waals surface area contributed by atoms with Gasteiger partial charge in [0.1, 0.15) is 0 Å². The molecule has 5 heteroatoms. The van der Waals surface area contributed by atoms with Gasteiger partial charge < -0.3 is 9.84 Å². The molecule has 2 aliphatic rings. The third-order valence-corrected chi connectivity index (χ3v) is 5.61. The van der Waals surface area contributed by atoms with E-state index >= 15 is 0 Å². The van der Waals surface area contributed by atoms with Gasteiger partial charge in [0.15, 0.2) is 0 Å². The lowest BCUT2D eigenvalue weighted by Crippen LogP contribution is -2.28. The van der Waals surface area contributed by atoms with Crippen LogP contribution in [0.2, 0.25) is 0 Å². The maximum atomic E-state index is 10.0. The first-order valence-corrected chi connectivity index (χ1v) is 9.43. The molecule has 0 spiro atoms. The van der Waals surface area contributed by atoms with Crippen molar-refractivity contribution >= 4 is 11.3 Å². The largest absolute Gasteiger partial charge is 0.389 e. The summed E-state index contributed by atoms with van der Waals surface area (Å²) in [6.45, 7) is 8.76. The molecule has 0 amide bonds. The molecule has 0 radical (unpaired) electrons.